The van der Waals surface area contributed by atoms with Crippen molar-refractivity contribution in [2.45, 2.75) is 38.6 Å². The number of nitrogen functional groups attached to an aromatic ring is 1. The zero-order valence-electron chi connectivity index (χ0n) is 10.3. The van der Waals surface area contributed by atoms with Gasteiger partial charge in [0, 0.05) is 13.1 Å². The minimum absolute atomic E-state index is 0.651. The molecule has 1 saturated carbocycles. The van der Waals surface area contributed by atoms with Gasteiger partial charge >= 0.3 is 0 Å². The minimum Gasteiger partial charge on any atom is -0.397 e. The van der Waals surface area contributed by atoms with E-state index in [4.69, 9.17) is 5.73 Å². The van der Waals surface area contributed by atoms with Gasteiger partial charge in [-0.15, -0.1) is 0 Å². The van der Waals surface area contributed by atoms with Crippen molar-refractivity contribution in [3.8, 4) is 0 Å². The van der Waals surface area contributed by atoms with Crippen LogP contribution in [0.3, 0.4) is 0 Å². The maximum absolute atomic E-state index is 6.03. The van der Waals surface area contributed by atoms with E-state index in [9.17, 15) is 0 Å². The Hall–Kier alpha value is -1.18. The molecular weight excluding hydrogens is 196 g/mol. The van der Waals surface area contributed by atoms with Crippen LogP contribution in [0.1, 0.15) is 32.6 Å². The fourth-order valence-corrected chi connectivity index (χ4v) is 2.86. The van der Waals surface area contributed by atoms with Crippen molar-refractivity contribution in [1.82, 2.24) is 0 Å². The second-order valence-corrected chi connectivity index (χ2v) is 5.00. The van der Waals surface area contributed by atoms with Gasteiger partial charge in [-0.3, -0.25) is 0 Å². The topological polar surface area (TPSA) is 29.3 Å². The normalized spacial score (nSPS) is 25.4. The molecule has 0 saturated heterocycles. The van der Waals surface area contributed by atoms with Gasteiger partial charge in [0.25, 0.3) is 0 Å². The molecule has 88 valence electrons. The number of para-hydroxylation sites is 2. The summed E-state index contributed by atoms with van der Waals surface area (Å²) in [5, 5.41) is 0. The van der Waals surface area contributed by atoms with Gasteiger partial charge in [-0.05, 0) is 30.9 Å². The number of hydrogen-bond donors (Lipinski definition) is 1. The molecule has 0 aromatic heterocycles. The summed E-state index contributed by atoms with van der Waals surface area (Å²) in [5.74, 6) is 0.776. The zero-order valence-corrected chi connectivity index (χ0v) is 10.3. The van der Waals surface area contributed by atoms with Crippen LogP contribution < -0.4 is 10.6 Å². The molecule has 2 N–H and O–H groups in total. The first kappa shape index (κ1) is 11.3. The Morgan fingerprint density at radius 1 is 1.19 bits per heavy atom. The molecule has 2 atom stereocenters. The maximum Gasteiger partial charge on any atom is 0.0599 e. The third kappa shape index (κ3) is 2.16. The molecule has 0 bridgehead atoms. The summed E-state index contributed by atoms with van der Waals surface area (Å²) in [6.45, 7) is 2.36. The summed E-state index contributed by atoms with van der Waals surface area (Å²) >= 11 is 0. The first-order chi connectivity index (χ1) is 7.70. The Morgan fingerprint density at radius 3 is 2.56 bits per heavy atom. The number of nitrogens with zero attached hydrogens (tertiary/aromatic N) is 1. The van der Waals surface area contributed by atoms with Crippen molar-refractivity contribution in [3.05, 3.63) is 24.3 Å². The molecule has 0 spiro atoms. The van der Waals surface area contributed by atoms with Crippen LogP contribution >= 0.6 is 0 Å². The van der Waals surface area contributed by atoms with E-state index < -0.39 is 0 Å². The summed E-state index contributed by atoms with van der Waals surface area (Å²) in [6, 6.07) is 8.82. The molecule has 2 nitrogen and oxygen atoms in total. The van der Waals surface area contributed by atoms with E-state index in [0.29, 0.717) is 6.04 Å². The van der Waals surface area contributed by atoms with Crippen LogP contribution in [0.15, 0.2) is 24.3 Å². The van der Waals surface area contributed by atoms with Crippen molar-refractivity contribution >= 4 is 11.4 Å². The maximum atomic E-state index is 6.03. The lowest BCUT2D eigenvalue weighted by Crippen LogP contribution is -2.39. The number of hydrogen-bond acceptors (Lipinski definition) is 2. The largest absolute Gasteiger partial charge is 0.397 e. The lowest BCUT2D eigenvalue weighted by Gasteiger charge is -2.38. The van der Waals surface area contributed by atoms with Crippen LogP contribution in [0.2, 0.25) is 0 Å². The summed E-state index contributed by atoms with van der Waals surface area (Å²) in [5.41, 5.74) is 8.11. The Morgan fingerprint density at radius 2 is 1.88 bits per heavy atom. The average molecular weight is 218 g/mol. The Balaban J connectivity index is 2.17. The molecule has 0 heterocycles. The first-order valence-electron chi connectivity index (χ1n) is 6.27. The van der Waals surface area contributed by atoms with E-state index in [1.54, 1.807) is 0 Å². The standard InChI is InChI=1S/C14H22N2/c1-11-7-3-5-9-13(11)16(2)14-10-6-4-8-12(14)15/h4,6,8,10-11,13H,3,5,7,9,15H2,1-2H3. The molecule has 2 unspecified atom stereocenters. The van der Waals surface area contributed by atoms with E-state index in [2.05, 4.69) is 31.0 Å². The highest BCUT2D eigenvalue weighted by molar-refractivity contribution is 5.67. The van der Waals surface area contributed by atoms with Gasteiger partial charge in [0.2, 0.25) is 0 Å². The smallest absolute Gasteiger partial charge is 0.0599 e. The van der Waals surface area contributed by atoms with Crippen LogP contribution in [-0.2, 0) is 0 Å². The quantitative estimate of drug-likeness (QED) is 0.772. The summed E-state index contributed by atoms with van der Waals surface area (Å²) < 4.78 is 0. The van der Waals surface area contributed by atoms with Gasteiger partial charge in [0.1, 0.15) is 0 Å². The summed E-state index contributed by atoms with van der Waals surface area (Å²) in [7, 11) is 2.18. The minimum atomic E-state index is 0.651. The molecule has 1 aromatic rings. The van der Waals surface area contributed by atoms with Gasteiger partial charge in [-0.25, -0.2) is 0 Å². The third-order valence-corrected chi connectivity index (χ3v) is 3.88. The van der Waals surface area contributed by atoms with E-state index in [-0.39, 0.29) is 0 Å². The monoisotopic (exact) mass is 218 g/mol. The van der Waals surface area contributed by atoms with E-state index >= 15 is 0 Å². The molecule has 0 radical (unpaired) electrons. The van der Waals surface area contributed by atoms with Crippen molar-refractivity contribution in [1.29, 1.82) is 0 Å². The van der Waals surface area contributed by atoms with E-state index in [1.165, 1.54) is 31.4 Å². The molecule has 2 heteroatoms. The SMILES string of the molecule is CC1CCCCC1N(C)c1ccccc1N. The van der Waals surface area contributed by atoms with Crippen LogP contribution in [0.4, 0.5) is 11.4 Å². The Labute approximate surface area is 98.4 Å². The fourth-order valence-electron chi connectivity index (χ4n) is 2.86. The van der Waals surface area contributed by atoms with Crippen LogP contribution in [0, 0.1) is 5.92 Å². The second kappa shape index (κ2) is 4.77. The van der Waals surface area contributed by atoms with Crippen molar-refractivity contribution in [2.75, 3.05) is 17.7 Å². The van der Waals surface area contributed by atoms with Gasteiger partial charge < -0.3 is 10.6 Å². The number of nitrogens with two attached hydrogens (primary N) is 1. The highest BCUT2D eigenvalue weighted by Gasteiger charge is 2.25. The summed E-state index contributed by atoms with van der Waals surface area (Å²) in [4.78, 5) is 2.37. The number of rotatable bonds is 2. The van der Waals surface area contributed by atoms with Gasteiger partial charge in [0.15, 0.2) is 0 Å². The first-order valence-corrected chi connectivity index (χ1v) is 6.27. The Kier molecular flexibility index (Phi) is 3.37. The number of anilines is 2. The molecule has 0 amide bonds. The molecular formula is C14H22N2. The zero-order chi connectivity index (χ0) is 11.5. The average Bonchev–Trinajstić information content (AvgIpc) is 2.29. The predicted octanol–water partition coefficient (Wildman–Crippen LogP) is 3.28. The lowest BCUT2D eigenvalue weighted by atomic mass is 9.85. The van der Waals surface area contributed by atoms with Gasteiger partial charge in [0.05, 0.1) is 11.4 Å². The van der Waals surface area contributed by atoms with Gasteiger partial charge in [-0.1, -0.05) is 31.9 Å². The molecule has 0 aliphatic heterocycles. The molecule has 1 aliphatic rings. The third-order valence-electron chi connectivity index (χ3n) is 3.88. The van der Waals surface area contributed by atoms with Crippen LogP contribution in [0.5, 0.6) is 0 Å². The van der Waals surface area contributed by atoms with E-state index in [1.807, 2.05) is 12.1 Å². The highest BCUT2D eigenvalue weighted by Crippen LogP contribution is 2.32. The summed E-state index contributed by atoms with van der Waals surface area (Å²) in [6.07, 6.45) is 5.38. The van der Waals surface area contributed by atoms with E-state index in [0.717, 1.165) is 11.6 Å². The Bertz CT molecular complexity index is 348. The molecule has 1 aromatic carbocycles. The molecule has 16 heavy (non-hydrogen) atoms. The fraction of sp³-hybridized carbons (Fsp3) is 0.571. The second-order valence-electron chi connectivity index (χ2n) is 5.00. The molecule has 1 fully saturated rings. The van der Waals surface area contributed by atoms with Crippen molar-refractivity contribution in [2.24, 2.45) is 5.92 Å². The van der Waals surface area contributed by atoms with Crippen molar-refractivity contribution < 1.29 is 0 Å². The number of benzene rings is 1. The lowest BCUT2D eigenvalue weighted by molar-refractivity contribution is 0.322. The van der Waals surface area contributed by atoms with Crippen LogP contribution in [0.25, 0.3) is 0 Å². The predicted molar refractivity (Wildman–Crippen MR) is 70.7 cm³/mol. The van der Waals surface area contributed by atoms with Crippen molar-refractivity contribution in [3.63, 3.8) is 0 Å². The molecule has 1 aliphatic carbocycles. The highest BCUT2D eigenvalue weighted by atomic mass is 15.1. The molecule has 2 rings (SSSR count). The van der Waals surface area contributed by atoms with Crippen LogP contribution in [-0.4, -0.2) is 13.1 Å². The van der Waals surface area contributed by atoms with Gasteiger partial charge in [-0.2, -0.15) is 0 Å².